The molecule has 0 fully saturated rings. The molecule has 2 N–H and O–H groups in total. The number of halogens is 1. The molecule has 10 nitrogen and oxygen atoms in total. The third kappa shape index (κ3) is 7.27. The second-order valence-corrected chi connectivity index (χ2v) is 12.0. The van der Waals surface area contributed by atoms with Gasteiger partial charge in [-0.1, -0.05) is 49.3 Å². The smallest absolute Gasteiger partial charge is 0.255 e. The average Bonchev–Trinajstić information content (AvgIpc) is 3.11. The van der Waals surface area contributed by atoms with Crippen LogP contribution in [0.25, 0.3) is 5.57 Å². The molecule has 0 aromatic heterocycles. The first-order valence-electron chi connectivity index (χ1n) is 15.7. The van der Waals surface area contributed by atoms with E-state index in [1.807, 2.05) is 26.0 Å². The van der Waals surface area contributed by atoms with Crippen LogP contribution in [-0.2, 0) is 17.6 Å². The monoisotopic (exact) mass is 734 g/mol. The van der Waals surface area contributed by atoms with E-state index in [4.69, 9.17) is 28.4 Å². The van der Waals surface area contributed by atoms with Crippen molar-refractivity contribution in [2.45, 2.75) is 33.6 Å². The minimum atomic E-state index is -0.328. The second kappa shape index (κ2) is 16.0. The molecule has 0 bridgehead atoms. The van der Waals surface area contributed by atoms with Gasteiger partial charge in [-0.3, -0.25) is 9.59 Å². The van der Waals surface area contributed by atoms with Crippen LogP contribution in [0.3, 0.4) is 0 Å². The van der Waals surface area contributed by atoms with E-state index in [1.165, 1.54) is 42.7 Å². The Kier molecular flexibility index (Phi) is 12.1. The van der Waals surface area contributed by atoms with Gasteiger partial charge in [0.1, 0.15) is 0 Å². The van der Waals surface area contributed by atoms with Crippen LogP contribution in [-0.4, -0.2) is 54.5 Å². The number of allylic oxidation sites excluding steroid dienone is 3. The molecule has 3 aromatic rings. The molecule has 2 amide bonds. The summed E-state index contributed by atoms with van der Waals surface area (Å²) in [6.07, 6.45) is 3.11. The SMILES string of the molecule is C=C1C(C(=O)Nc2cc(OC)c(OC)c(OC)c2)=CC(Br)=C(c2ccc(C(=O)Nc3cc(OC)c(OC)c(OC)c3)c(CC)c2CC)C1C. The van der Waals surface area contributed by atoms with Gasteiger partial charge in [0.15, 0.2) is 23.0 Å². The molecule has 1 aliphatic carbocycles. The third-order valence-corrected chi connectivity index (χ3v) is 9.25. The number of carbonyl (C=O) groups excluding carboxylic acids is 2. The number of hydrogen-bond acceptors (Lipinski definition) is 8. The van der Waals surface area contributed by atoms with Gasteiger partial charge in [0.2, 0.25) is 11.5 Å². The summed E-state index contributed by atoms with van der Waals surface area (Å²) in [5, 5.41) is 5.95. The lowest BCUT2D eigenvalue weighted by molar-refractivity contribution is -0.112. The first kappa shape index (κ1) is 36.9. The average molecular weight is 736 g/mol. The Hall–Kier alpha value is -4.90. The Morgan fingerprint density at radius 1 is 0.714 bits per heavy atom. The van der Waals surface area contributed by atoms with Crippen molar-refractivity contribution in [1.29, 1.82) is 0 Å². The molecule has 49 heavy (non-hydrogen) atoms. The van der Waals surface area contributed by atoms with Crippen LogP contribution in [0.15, 0.2) is 64.7 Å². The molecule has 0 saturated heterocycles. The number of anilines is 2. The molecule has 4 rings (SSSR count). The van der Waals surface area contributed by atoms with Gasteiger partial charge in [0, 0.05) is 57.2 Å². The number of nitrogens with one attached hydrogen (secondary N) is 2. The van der Waals surface area contributed by atoms with Crippen molar-refractivity contribution in [3.63, 3.8) is 0 Å². The summed E-state index contributed by atoms with van der Waals surface area (Å²) in [4.78, 5) is 27.3. The van der Waals surface area contributed by atoms with Gasteiger partial charge in [-0.15, -0.1) is 0 Å². The van der Waals surface area contributed by atoms with Crippen molar-refractivity contribution in [3.8, 4) is 34.5 Å². The molecule has 0 aliphatic heterocycles. The Bertz CT molecular complexity index is 1800. The van der Waals surface area contributed by atoms with Crippen LogP contribution in [0, 0.1) is 5.92 Å². The number of carbonyl (C=O) groups is 2. The third-order valence-electron chi connectivity index (χ3n) is 8.59. The fourth-order valence-electron chi connectivity index (χ4n) is 6.15. The van der Waals surface area contributed by atoms with Crippen molar-refractivity contribution < 1.29 is 38.0 Å². The van der Waals surface area contributed by atoms with Crippen LogP contribution in [0.1, 0.15) is 47.8 Å². The number of amides is 2. The summed E-state index contributed by atoms with van der Waals surface area (Å²) >= 11 is 3.77. The van der Waals surface area contributed by atoms with Crippen LogP contribution in [0.5, 0.6) is 34.5 Å². The van der Waals surface area contributed by atoms with E-state index in [0.29, 0.717) is 75.4 Å². The van der Waals surface area contributed by atoms with Gasteiger partial charge in [0.25, 0.3) is 11.8 Å². The number of methoxy groups -OCH3 is 6. The van der Waals surface area contributed by atoms with Crippen molar-refractivity contribution in [2.24, 2.45) is 5.92 Å². The summed E-state index contributed by atoms with van der Waals surface area (Å²) in [5.41, 5.74) is 6.61. The van der Waals surface area contributed by atoms with Gasteiger partial charge >= 0.3 is 0 Å². The summed E-state index contributed by atoms with van der Waals surface area (Å²) in [6.45, 7) is 10.5. The summed E-state index contributed by atoms with van der Waals surface area (Å²) in [5.74, 6) is 1.78. The molecule has 1 unspecified atom stereocenters. The van der Waals surface area contributed by atoms with E-state index in [0.717, 1.165) is 26.7 Å². The minimum Gasteiger partial charge on any atom is -0.493 e. The largest absolute Gasteiger partial charge is 0.493 e. The summed E-state index contributed by atoms with van der Waals surface area (Å²) in [7, 11) is 9.13. The van der Waals surface area contributed by atoms with E-state index in [9.17, 15) is 9.59 Å². The van der Waals surface area contributed by atoms with Gasteiger partial charge in [-0.25, -0.2) is 0 Å². The van der Waals surface area contributed by atoms with Crippen LogP contribution in [0.4, 0.5) is 11.4 Å². The molecule has 3 aromatic carbocycles. The zero-order valence-corrected chi connectivity index (χ0v) is 31.0. The zero-order valence-electron chi connectivity index (χ0n) is 29.4. The number of ether oxygens (including phenoxy) is 6. The predicted octanol–water partition coefficient (Wildman–Crippen LogP) is 7.99. The molecule has 0 spiro atoms. The zero-order chi connectivity index (χ0) is 36.0. The van der Waals surface area contributed by atoms with Crippen molar-refractivity contribution >= 4 is 44.7 Å². The Labute approximate surface area is 296 Å². The van der Waals surface area contributed by atoms with E-state index < -0.39 is 0 Å². The highest BCUT2D eigenvalue weighted by molar-refractivity contribution is 9.12. The van der Waals surface area contributed by atoms with Crippen molar-refractivity contribution in [1.82, 2.24) is 0 Å². The van der Waals surface area contributed by atoms with E-state index >= 15 is 0 Å². The Morgan fingerprint density at radius 2 is 1.16 bits per heavy atom. The highest BCUT2D eigenvalue weighted by atomic mass is 79.9. The van der Waals surface area contributed by atoms with Crippen molar-refractivity contribution in [2.75, 3.05) is 53.3 Å². The Balaban J connectivity index is 1.71. The highest BCUT2D eigenvalue weighted by Crippen LogP contribution is 2.45. The van der Waals surface area contributed by atoms with Crippen molar-refractivity contribution in [3.05, 3.63) is 86.9 Å². The minimum absolute atomic E-state index is 0.214. The molecule has 0 saturated carbocycles. The first-order valence-corrected chi connectivity index (χ1v) is 16.5. The summed E-state index contributed by atoms with van der Waals surface area (Å²) < 4.78 is 33.4. The highest BCUT2D eigenvalue weighted by Gasteiger charge is 2.30. The molecule has 0 heterocycles. The molecular weight excluding hydrogens is 692 g/mol. The molecule has 11 heteroatoms. The van der Waals surface area contributed by atoms with E-state index in [-0.39, 0.29) is 17.7 Å². The van der Waals surface area contributed by atoms with Gasteiger partial charge in [0.05, 0.1) is 42.7 Å². The van der Waals surface area contributed by atoms with Crippen LogP contribution in [0.2, 0.25) is 0 Å². The summed E-state index contributed by atoms with van der Waals surface area (Å²) in [6, 6.07) is 10.5. The lowest BCUT2D eigenvalue weighted by Crippen LogP contribution is -2.22. The number of rotatable bonds is 13. The number of benzene rings is 3. The fourth-order valence-corrected chi connectivity index (χ4v) is 6.94. The van der Waals surface area contributed by atoms with Crippen LogP contribution < -0.4 is 39.1 Å². The molecule has 0 radical (unpaired) electrons. The van der Waals surface area contributed by atoms with Gasteiger partial charge < -0.3 is 39.1 Å². The normalized spacial score (nSPS) is 14.1. The molecule has 1 atom stereocenters. The maximum Gasteiger partial charge on any atom is 0.255 e. The van der Waals surface area contributed by atoms with Crippen LogP contribution >= 0.6 is 15.9 Å². The topological polar surface area (TPSA) is 114 Å². The molecule has 1 aliphatic rings. The maximum atomic E-state index is 13.7. The second-order valence-electron chi connectivity index (χ2n) is 11.1. The fraction of sp³-hybridized carbons (Fsp3) is 0.316. The Morgan fingerprint density at radius 3 is 1.57 bits per heavy atom. The lowest BCUT2D eigenvalue weighted by atomic mass is 9.78. The standard InChI is InChI=1S/C38H43BrN2O8/c1-11-24-25(12-2)27(37(42)40-22-15-30(44-5)35(48-9)31(16-22)45-6)14-13-26(24)34-21(4)20(3)28(19-29(34)39)38(43)41-23-17-32(46-7)36(49-10)33(18-23)47-8/h13-19,21H,3,11-12H2,1-2,4-10H3,(H,40,42)(H,41,43). The predicted molar refractivity (Wildman–Crippen MR) is 196 cm³/mol. The molecular formula is C38H43BrN2O8. The van der Waals surface area contributed by atoms with E-state index in [1.54, 1.807) is 30.3 Å². The lowest BCUT2D eigenvalue weighted by Gasteiger charge is -2.29. The van der Waals surface area contributed by atoms with Gasteiger partial charge in [-0.2, -0.15) is 0 Å². The number of hydrogen-bond donors (Lipinski definition) is 2. The van der Waals surface area contributed by atoms with E-state index in [2.05, 4.69) is 40.1 Å². The molecule has 260 valence electrons. The first-order chi connectivity index (χ1) is 23.5. The quantitative estimate of drug-likeness (QED) is 0.182. The van der Waals surface area contributed by atoms with Gasteiger partial charge in [-0.05, 0) is 52.8 Å². The maximum absolute atomic E-state index is 13.7.